The smallest absolute Gasteiger partial charge is 0.183 e. The van der Waals surface area contributed by atoms with Gasteiger partial charge in [0, 0.05) is 33.8 Å². The molecule has 0 aliphatic heterocycles. The molecule has 132 valence electrons. The Morgan fingerprint density at radius 1 is 1.00 bits per heavy atom. The Morgan fingerprint density at radius 2 is 1.81 bits per heavy atom. The summed E-state index contributed by atoms with van der Waals surface area (Å²) in [5.74, 6) is 0.644. The van der Waals surface area contributed by atoms with Gasteiger partial charge in [0.05, 0.1) is 5.39 Å². The highest BCUT2D eigenvalue weighted by molar-refractivity contribution is 9.10. The molecule has 0 fully saturated rings. The molecule has 0 N–H and O–H groups in total. The molecule has 4 aromatic heterocycles. The van der Waals surface area contributed by atoms with Crippen molar-refractivity contribution in [1.82, 2.24) is 29.1 Å². The average Bonchev–Trinajstić information content (AvgIpc) is 3.23. The first-order chi connectivity index (χ1) is 13.1. The molecular formula is C20H15BrN6. The van der Waals surface area contributed by atoms with Crippen LogP contribution in [-0.2, 0) is 0 Å². The van der Waals surface area contributed by atoms with E-state index in [0.29, 0.717) is 5.82 Å². The predicted molar refractivity (Wildman–Crippen MR) is 108 cm³/mol. The number of hydrogen-bond acceptors (Lipinski definition) is 4. The lowest BCUT2D eigenvalue weighted by Crippen LogP contribution is -1.99. The van der Waals surface area contributed by atoms with Crippen LogP contribution in [0.5, 0.6) is 0 Å². The van der Waals surface area contributed by atoms with Gasteiger partial charge in [-0.15, -0.1) is 5.10 Å². The Bertz CT molecular complexity index is 1290. The van der Waals surface area contributed by atoms with Crippen LogP contribution in [0.25, 0.3) is 33.8 Å². The fraction of sp³-hybridized carbons (Fsp3) is 0.100. The first-order valence-corrected chi connectivity index (χ1v) is 9.32. The van der Waals surface area contributed by atoms with Crippen LogP contribution in [0.15, 0.2) is 59.6 Å². The molecule has 5 rings (SSSR count). The maximum Gasteiger partial charge on any atom is 0.183 e. The van der Waals surface area contributed by atoms with Crippen molar-refractivity contribution in [2.24, 2.45) is 0 Å². The quantitative estimate of drug-likeness (QED) is 0.423. The maximum atomic E-state index is 4.79. The monoisotopic (exact) mass is 418 g/mol. The lowest BCUT2D eigenvalue weighted by molar-refractivity contribution is 0.926. The molecule has 0 amide bonds. The van der Waals surface area contributed by atoms with E-state index in [0.717, 1.165) is 43.7 Å². The van der Waals surface area contributed by atoms with E-state index in [1.807, 2.05) is 24.3 Å². The fourth-order valence-electron chi connectivity index (χ4n) is 3.38. The molecule has 0 spiro atoms. The molecular weight excluding hydrogens is 404 g/mol. The summed E-state index contributed by atoms with van der Waals surface area (Å²) in [6.45, 7) is 4.21. The number of hydrogen-bond donors (Lipinski definition) is 0. The highest BCUT2D eigenvalue weighted by Gasteiger charge is 2.19. The summed E-state index contributed by atoms with van der Waals surface area (Å²) in [7, 11) is 0. The van der Waals surface area contributed by atoms with Crippen molar-refractivity contribution < 1.29 is 0 Å². The number of benzene rings is 1. The fourth-order valence-corrected chi connectivity index (χ4v) is 3.65. The number of rotatable bonds is 2. The Hall–Kier alpha value is -3.06. The van der Waals surface area contributed by atoms with Crippen molar-refractivity contribution >= 4 is 32.6 Å². The van der Waals surface area contributed by atoms with Gasteiger partial charge in [0.15, 0.2) is 17.1 Å². The van der Waals surface area contributed by atoms with Gasteiger partial charge in [-0.3, -0.25) is 9.55 Å². The van der Waals surface area contributed by atoms with Crippen molar-refractivity contribution in [3.63, 3.8) is 0 Å². The number of pyridine rings is 1. The summed E-state index contributed by atoms with van der Waals surface area (Å²) in [6, 6.07) is 12.1. The third-order valence-electron chi connectivity index (χ3n) is 4.84. The standard InChI is InChI=1S/C20H15BrN6/c1-12-13(2)27(16-7-5-15(21)6-8-16)19-17(12)20-24-18(25-26(20)11-23-19)14-4-3-9-22-10-14/h3-11H,1-2H3. The third-order valence-corrected chi connectivity index (χ3v) is 5.37. The first-order valence-electron chi connectivity index (χ1n) is 8.53. The van der Waals surface area contributed by atoms with Crippen LogP contribution in [0.2, 0.25) is 0 Å². The molecule has 1 aromatic carbocycles. The van der Waals surface area contributed by atoms with E-state index < -0.39 is 0 Å². The van der Waals surface area contributed by atoms with Crippen LogP contribution in [0.1, 0.15) is 11.3 Å². The molecule has 0 aliphatic carbocycles. The number of aromatic nitrogens is 6. The van der Waals surface area contributed by atoms with E-state index in [2.05, 4.69) is 56.6 Å². The van der Waals surface area contributed by atoms with E-state index in [-0.39, 0.29) is 0 Å². The normalized spacial score (nSPS) is 11.5. The summed E-state index contributed by atoms with van der Waals surface area (Å²) in [5, 5.41) is 5.60. The topological polar surface area (TPSA) is 60.9 Å². The molecule has 0 unspecified atom stereocenters. The SMILES string of the molecule is Cc1c(C)n(-c2ccc(Br)cc2)c2ncn3nc(-c4cccnc4)nc3c12. The van der Waals surface area contributed by atoms with Crippen molar-refractivity contribution in [1.29, 1.82) is 0 Å². The Balaban J connectivity index is 1.80. The second-order valence-corrected chi connectivity index (χ2v) is 7.33. The van der Waals surface area contributed by atoms with Gasteiger partial charge in [-0.1, -0.05) is 15.9 Å². The molecule has 0 bridgehead atoms. The third kappa shape index (κ3) is 2.46. The maximum absolute atomic E-state index is 4.79. The minimum Gasteiger partial charge on any atom is -0.298 e. The predicted octanol–water partition coefficient (Wildman–Crippen LogP) is 4.51. The largest absolute Gasteiger partial charge is 0.298 e. The molecule has 0 saturated carbocycles. The summed E-state index contributed by atoms with van der Waals surface area (Å²) in [5.41, 5.74) is 5.92. The van der Waals surface area contributed by atoms with Crippen LogP contribution in [0.4, 0.5) is 0 Å². The molecule has 7 heteroatoms. The second kappa shape index (κ2) is 5.99. The zero-order valence-corrected chi connectivity index (χ0v) is 16.3. The number of halogens is 1. The van der Waals surface area contributed by atoms with Crippen LogP contribution in [0, 0.1) is 13.8 Å². The Kier molecular flexibility index (Phi) is 3.58. The van der Waals surface area contributed by atoms with Crippen molar-refractivity contribution in [2.45, 2.75) is 13.8 Å². The molecule has 0 saturated heterocycles. The van der Waals surface area contributed by atoms with Crippen molar-refractivity contribution in [3.05, 3.63) is 70.8 Å². The van der Waals surface area contributed by atoms with Crippen molar-refractivity contribution in [2.75, 3.05) is 0 Å². The number of aryl methyl sites for hydroxylation is 1. The molecule has 27 heavy (non-hydrogen) atoms. The minimum absolute atomic E-state index is 0.644. The molecule has 4 heterocycles. The van der Waals surface area contributed by atoms with Crippen LogP contribution in [-0.4, -0.2) is 29.1 Å². The number of nitrogens with zero attached hydrogens (tertiary/aromatic N) is 6. The Labute approximate surface area is 163 Å². The van der Waals surface area contributed by atoms with E-state index in [1.54, 1.807) is 23.2 Å². The van der Waals surface area contributed by atoms with E-state index >= 15 is 0 Å². The summed E-state index contributed by atoms with van der Waals surface area (Å²) >= 11 is 3.50. The van der Waals surface area contributed by atoms with Gasteiger partial charge in [0.2, 0.25) is 0 Å². The second-order valence-electron chi connectivity index (χ2n) is 6.41. The lowest BCUT2D eigenvalue weighted by atomic mass is 10.2. The van der Waals surface area contributed by atoms with E-state index in [4.69, 9.17) is 9.97 Å². The van der Waals surface area contributed by atoms with Crippen LogP contribution < -0.4 is 0 Å². The first kappa shape index (κ1) is 16.1. The minimum atomic E-state index is 0.644. The zero-order chi connectivity index (χ0) is 18.5. The summed E-state index contributed by atoms with van der Waals surface area (Å²) in [6.07, 6.45) is 5.23. The zero-order valence-electron chi connectivity index (χ0n) is 14.8. The van der Waals surface area contributed by atoms with Crippen molar-refractivity contribution in [3.8, 4) is 17.1 Å². The molecule has 0 atom stereocenters. The van der Waals surface area contributed by atoms with Gasteiger partial charge < -0.3 is 0 Å². The summed E-state index contributed by atoms with van der Waals surface area (Å²) in [4.78, 5) is 13.6. The van der Waals surface area contributed by atoms with Gasteiger partial charge in [-0.2, -0.15) is 0 Å². The van der Waals surface area contributed by atoms with Crippen LogP contribution in [0.3, 0.4) is 0 Å². The molecule has 6 nitrogen and oxygen atoms in total. The highest BCUT2D eigenvalue weighted by Crippen LogP contribution is 2.30. The molecule has 0 aliphatic rings. The van der Waals surface area contributed by atoms with Gasteiger partial charge in [-0.05, 0) is 55.8 Å². The summed E-state index contributed by atoms with van der Waals surface area (Å²) < 4.78 is 4.95. The van der Waals surface area contributed by atoms with E-state index in [9.17, 15) is 0 Å². The Morgan fingerprint density at radius 3 is 2.56 bits per heavy atom. The van der Waals surface area contributed by atoms with E-state index in [1.165, 1.54) is 0 Å². The highest BCUT2D eigenvalue weighted by atomic mass is 79.9. The van der Waals surface area contributed by atoms with Crippen LogP contribution >= 0.6 is 15.9 Å². The molecule has 5 aromatic rings. The lowest BCUT2D eigenvalue weighted by Gasteiger charge is -2.07. The van der Waals surface area contributed by atoms with Gasteiger partial charge in [-0.25, -0.2) is 14.5 Å². The number of fused-ring (bicyclic) bond motifs is 3. The van der Waals surface area contributed by atoms with Gasteiger partial charge in [0.1, 0.15) is 6.33 Å². The van der Waals surface area contributed by atoms with Gasteiger partial charge in [0.25, 0.3) is 0 Å². The van der Waals surface area contributed by atoms with Gasteiger partial charge >= 0.3 is 0 Å². The molecule has 0 radical (unpaired) electrons. The average molecular weight is 419 g/mol.